The van der Waals surface area contributed by atoms with Crippen molar-refractivity contribution in [1.82, 2.24) is 20.0 Å². The SMILES string of the molecule is CCN(CCC(=O)NCc1ccccc1F)CCn1cccn1. The number of amides is 1. The summed E-state index contributed by atoms with van der Waals surface area (Å²) in [4.78, 5) is 14.1. The molecule has 0 aliphatic rings. The second kappa shape index (κ2) is 9.05. The van der Waals surface area contributed by atoms with Gasteiger partial charge in [-0.3, -0.25) is 9.48 Å². The number of aromatic nitrogens is 2. The number of hydrogen-bond donors (Lipinski definition) is 1. The summed E-state index contributed by atoms with van der Waals surface area (Å²) >= 11 is 0. The van der Waals surface area contributed by atoms with Gasteiger partial charge in [-0.05, 0) is 18.7 Å². The van der Waals surface area contributed by atoms with Gasteiger partial charge in [-0.1, -0.05) is 25.1 Å². The third kappa shape index (κ3) is 5.83. The fourth-order valence-corrected chi connectivity index (χ4v) is 2.29. The molecule has 1 N–H and O–H groups in total. The van der Waals surface area contributed by atoms with Crippen LogP contribution in [-0.4, -0.2) is 40.2 Å². The first-order valence-electron chi connectivity index (χ1n) is 7.89. The summed E-state index contributed by atoms with van der Waals surface area (Å²) < 4.78 is 15.4. The van der Waals surface area contributed by atoms with Gasteiger partial charge in [0.2, 0.25) is 5.91 Å². The first kappa shape index (κ1) is 17.1. The second-order valence-electron chi connectivity index (χ2n) is 5.32. The van der Waals surface area contributed by atoms with E-state index in [2.05, 4.69) is 22.2 Å². The predicted octanol–water partition coefficient (Wildman–Crippen LogP) is 2.05. The Bertz CT molecular complexity index is 600. The van der Waals surface area contributed by atoms with Crippen LogP contribution in [0.5, 0.6) is 0 Å². The van der Waals surface area contributed by atoms with Crippen molar-refractivity contribution in [3.8, 4) is 0 Å². The molecule has 1 heterocycles. The summed E-state index contributed by atoms with van der Waals surface area (Å²) in [5.41, 5.74) is 0.506. The molecule has 124 valence electrons. The van der Waals surface area contributed by atoms with Gasteiger partial charge < -0.3 is 10.2 Å². The normalized spacial score (nSPS) is 10.9. The van der Waals surface area contributed by atoms with Crippen molar-refractivity contribution >= 4 is 5.91 Å². The van der Waals surface area contributed by atoms with Crippen LogP contribution in [0.1, 0.15) is 18.9 Å². The van der Waals surface area contributed by atoms with Gasteiger partial charge in [0.1, 0.15) is 5.82 Å². The number of nitrogens with one attached hydrogen (secondary N) is 1. The van der Waals surface area contributed by atoms with Gasteiger partial charge in [-0.25, -0.2) is 4.39 Å². The largest absolute Gasteiger partial charge is 0.352 e. The standard InChI is InChI=1S/C17H23FN4O/c1-2-21(12-13-22-10-5-9-20-22)11-8-17(23)19-14-15-6-3-4-7-16(15)18/h3-7,9-10H,2,8,11-14H2,1H3,(H,19,23). The van der Waals surface area contributed by atoms with Gasteiger partial charge in [0.05, 0.1) is 6.54 Å². The maximum Gasteiger partial charge on any atom is 0.221 e. The number of halogens is 1. The van der Waals surface area contributed by atoms with Crippen molar-refractivity contribution in [3.63, 3.8) is 0 Å². The molecular formula is C17H23FN4O. The molecule has 0 bridgehead atoms. The van der Waals surface area contributed by atoms with E-state index in [1.54, 1.807) is 24.4 Å². The number of benzene rings is 1. The number of carbonyl (C=O) groups excluding carboxylic acids is 1. The quantitative estimate of drug-likeness (QED) is 0.770. The molecule has 0 unspecified atom stereocenters. The minimum Gasteiger partial charge on any atom is -0.352 e. The smallest absolute Gasteiger partial charge is 0.221 e. The summed E-state index contributed by atoms with van der Waals surface area (Å²) in [6.07, 6.45) is 4.09. The average molecular weight is 318 g/mol. The Balaban J connectivity index is 1.68. The van der Waals surface area contributed by atoms with Crippen molar-refractivity contribution < 1.29 is 9.18 Å². The summed E-state index contributed by atoms with van der Waals surface area (Å²) in [6.45, 7) is 5.50. The van der Waals surface area contributed by atoms with E-state index in [1.165, 1.54) is 6.07 Å². The van der Waals surface area contributed by atoms with E-state index in [0.29, 0.717) is 18.5 Å². The van der Waals surface area contributed by atoms with Crippen molar-refractivity contribution in [2.45, 2.75) is 26.4 Å². The minimum absolute atomic E-state index is 0.0641. The highest BCUT2D eigenvalue weighted by atomic mass is 19.1. The summed E-state index contributed by atoms with van der Waals surface area (Å²) in [5.74, 6) is -0.354. The molecule has 0 spiro atoms. The van der Waals surface area contributed by atoms with Crippen LogP contribution in [0.25, 0.3) is 0 Å². The molecule has 0 aliphatic heterocycles. The van der Waals surface area contributed by atoms with Crippen LogP contribution in [0.2, 0.25) is 0 Å². The summed E-state index contributed by atoms with van der Waals surface area (Å²) in [7, 11) is 0. The van der Waals surface area contributed by atoms with Crippen molar-refractivity contribution in [2.24, 2.45) is 0 Å². The minimum atomic E-state index is -0.290. The van der Waals surface area contributed by atoms with Crippen molar-refractivity contribution in [1.29, 1.82) is 0 Å². The van der Waals surface area contributed by atoms with E-state index in [1.807, 2.05) is 16.9 Å². The summed E-state index contributed by atoms with van der Waals surface area (Å²) in [6, 6.07) is 8.37. The van der Waals surface area contributed by atoms with Gasteiger partial charge in [0, 0.05) is 44.0 Å². The molecule has 0 saturated heterocycles. The zero-order chi connectivity index (χ0) is 16.5. The maximum absolute atomic E-state index is 13.5. The zero-order valence-electron chi connectivity index (χ0n) is 13.4. The summed E-state index contributed by atoms with van der Waals surface area (Å²) in [5, 5.41) is 6.93. The Kier molecular flexibility index (Phi) is 6.75. The topological polar surface area (TPSA) is 50.2 Å². The van der Waals surface area contributed by atoms with Crippen molar-refractivity contribution in [2.75, 3.05) is 19.6 Å². The fourth-order valence-electron chi connectivity index (χ4n) is 2.29. The van der Waals surface area contributed by atoms with Gasteiger partial charge in [0.25, 0.3) is 0 Å². The zero-order valence-corrected chi connectivity index (χ0v) is 13.4. The molecule has 0 saturated carbocycles. The van der Waals surface area contributed by atoms with E-state index in [9.17, 15) is 9.18 Å². The number of carbonyl (C=O) groups is 1. The molecule has 1 aromatic heterocycles. The third-order valence-electron chi connectivity index (χ3n) is 3.74. The third-order valence-corrected chi connectivity index (χ3v) is 3.74. The highest BCUT2D eigenvalue weighted by molar-refractivity contribution is 5.76. The van der Waals surface area contributed by atoms with E-state index >= 15 is 0 Å². The van der Waals surface area contributed by atoms with Gasteiger partial charge in [0.15, 0.2) is 0 Å². The van der Waals surface area contributed by atoms with Crippen LogP contribution >= 0.6 is 0 Å². The highest BCUT2D eigenvalue weighted by Crippen LogP contribution is 2.05. The van der Waals surface area contributed by atoms with E-state index in [-0.39, 0.29) is 18.3 Å². The Morgan fingerprint density at radius 2 is 2.13 bits per heavy atom. The molecule has 2 rings (SSSR count). The first-order chi connectivity index (χ1) is 11.2. The lowest BCUT2D eigenvalue weighted by Gasteiger charge is -2.20. The molecule has 0 fully saturated rings. The molecule has 0 radical (unpaired) electrons. The Hall–Kier alpha value is -2.21. The fraction of sp³-hybridized carbons (Fsp3) is 0.412. The number of likely N-dealkylation sites (N-methyl/N-ethyl adjacent to an activating group) is 1. The second-order valence-corrected chi connectivity index (χ2v) is 5.32. The molecule has 5 nitrogen and oxygen atoms in total. The van der Waals surface area contributed by atoms with Crippen LogP contribution in [-0.2, 0) is 17.9 Å². The highest BCUT2D eigenvalue weighted by Gasteiger charge is 2.08. The van der Waals surface area contributed by atoms with Crippen LogP contribution in [0.4, 0.5) is 4.39 Å². The van der Waals surface area contributed by atoms with E-state index in [4.69, 9.17) is 0 Å². The van der Waals surface area contributed by atoms with Gasteiger partial charge >= 0.3 is 0 Å². The number of nitrogens with zero attached hydrogens (tertiary/aromatic N) is 3. The average Bonchev–Trinajstić information content (AvgIpc) is 3.07. The Morgan fingerprint density at radius 1 is 1.30 bits per heavy atom. The molecule has 0 atom stereocenters. The van der Waals surface area contributed by atoms with Crippen LogP contribution < -0.4 is 5.32 Å². The van der Waals surface area contributed by atoms with Crippen molar-refractivity contribution in [3.05, 3.63) is 54.1 Å². The van der Waals surface area contributed by atoms with Crippen LogP contribution in [0, 0.1) is 5.82 Å². The maximum atomic E-state index is 13.5. The number of hydrogen-bond acceptors (Lipinski definition) is 3. The number of rotatable bonds is 9. The molecule has 1 aromatic carbocycles. The van der Waals surface area contributed by atoms with Crippen LogP contribution in [0.15, 0.2) is 42.7 Å². The lowest BCUT2D eigenvalue weighted by molar-refractivity contribution is -0.121. The predicted molar refractivity (Wildman–Crippen MR) is 87.2 cm³/mol. The van der Waals surface area contributed by atoms with Gasteiger partial charge in [-0.15, -0.1) is 0 Å². The molecule has 23 heavy (non-hydrogen) atoms. The van der Waals surface area contributed by atoms with Crippen LogP contribution in [0.3, 0.4) is 0 Å². The van der Waals surface area contributed by atoms with E-state index < -0.39 is 0 Å². The molecule has 6 heteroatoms. The molecule has 0 aliphatic carbocycles. The lowest BCUT2D eigenvalue weighted by atomic mass is 10.2. The first-order valence-corrected chi connectivity index (χ1v) is 7.89. The lowest BCUT2D eigenvalue weighted by Crippen LogP contribution is -2.32. The molecule has 2 aromatic rings. The Morgan fingerprint density at radius 3 is 2.83 bits per heavy atom. The molecular weight excluding hydrogens is 295 g/mol. The monoisotopic (exact) mass is 318 g/mol. The molecule has 1 amide bonds. The van der Waals surface area contributed by atoms with E-state index in [0.717, 1.165) is 19.6 Å². The van der Waals surface area contributed by atoms with Gasteiger partial charge in [-0.2, -0.15) is 5.10 Å². The Labute approximate surface area is 136 Å².